The summed E-state index contributed by atoms with van der Waals surface area (Å²) < 4.78 is 13.2. The van der Waals surface area contributed by atoms with Crippen LogP contribution < -0.4 is 10.2 Å². The van der Waals surface area contributed by atoms with Crippen molar-refractivity contribution in [2.45, 2.75) is 26.2 Å². The average Bonchev–Trinajstić information content (AvgIpc) is 3.13. The molecule has 0 saturated carbocycles. The van der Waals surface area contributed by atoms with E-state index in [0.717, 1.165) is 41.6 Å². The van der Waals surface area contributed by atoms with Gasteiger partial charge in [-0.1, -0.05) is 11.6 Å². The van der Waals surface area contributed by atoms with Crippen LogP contribution >= 0.6 is 22.9 Å². The number of carbonyl (C=O) groups is 2. The van der Waals surface area contributed by atoms with Crippen molar-refractivity contribution in [3.05, 3.63) is 39.6 Å². The second-order valence-electron chi connectivity index (χ2n) is 7.41. The number of rotatable bonds is 3. The number of halogens is 2. The number of thiazole rings is 1. The third-order valence-corrected chi connectivity index (χ3v) is 6.98. The number of nitrogens with one attached hydrogen (secondary N) is 1. The highest BCUT2D eigenvalue weighted by Gasteiger charge is 2.29. The molecule has 154 valence electrons. The fourth-order valence-corrected chi connectivity index (χ4v) is 5.21. The van der Waals surface area contributed by atoms with Gasteiger partial charge in [-0.05, 0) is 37.5 Å². The maximum absolute atomic E-state index is 13.2. The van der Waals surface area contributed by atoms with E-state index in [1.165, 1.54) is 18.2 Å². The van der Waals surface area contributed by atoms with Gasteiger partial charge in [-0.2, -0.15) is 0 Å². The molecule has 2 amide bonds. The molecule has 2 aliphatic rings. The Morgan fingerprint density at radius 2 is 2.03 bits per heavy atom. The summed E-state index contributed by atoms with van der Waals surface area (Å²) in [7, 11) is 0. The summed E-state index contributed by atoms with van der Waals surface area (Å²) in [6.45, 7) is 4.58. The van der Waals surface area contributed by atoms with Gasteiger partial charge in [-0.15, -0.1) is 11.3 Å². The Morgan fingerprint density at radius 3 is 2.72 bits per heavy atom. The molecule has 1 aromatic heterocycles. The molecule has 29 heavy (non-hydrogen) atoms. The van der Waals surface area contributed by atoms with E-state index < -0.39 is 5.82 Å². The van der Waals surface area contributed by atoms with Crippen molar-refractivity contribution < 1.29 is 14.0 Å². The van der Waals surface area contributed by atoms with Crippen molar-refractivity contribution in [1.29, 1.82) is 0 Å². The van der Waals surface area contributed by atoms with Gasteiger partial charge in [0.2, 0.25) is 11.8 Å². The predicted molar refractivity (Wildman–Crippen MR) is 112 cm³/mol. The van der Waals surface area contributed by atoms with Crippen LogP contribution in [0.5, 0.6) is 0 Å². The van der Waals surface area contributed by atoms with Crippen LogP contribution in [-0.2, 0) is 22.4 Å². The van der Waals surface area contributed by atoms with E-state index in [1.54, 1.807) is 18.3 Å². The van der Waals surface area contributed by atoms with Crippen LogP contribution in [0.4, 0.5) is 15.2 Å². The summed E-state index contributed by atoms with van der Waals surface area (Å²) in [5, 5.41) is 3.99. The Hall–Kier alpha value is -2.19. The number of aryl methyl sites for hydroxylation is 1. The summed E-state index contributed by atoms with van der Waals surface area (Å²) >= 11 is 7.66. The van der Waals surface area contributed by atoms with E-state index in [1.807, 2.05) is 4.90 Å². The third kappa shape index (κ3) is 4.38. The second-order valence-corrected chi connectivity index (χ2v) is 8.88. The lowest BCUT2D eigenvalue weighted by molar-refractivity contribution is -0.129. The molecule has 4 rings (SSSR count). The van der Waals surface area contributed by atoms with E-state index in [0.29, 0.717) is 25.2 Å². The summed E-state index contributed by atoms with van der Waals surface area (Å²) in [6.07, 6.45) is 2.12. The first kappa shape index (κ1) is 20.1. The van der Waals surface area contributed by atoms with Crippen molar-refractivity contribution >= 4 is 45.6 Å². The number of hydrogen-bond acceptors (Lipinski definition) is 5. The highest BCUT2D eigenvalue weighted by molar-refractivity contribution is 7.15. The summed E-state index contributed by atoms with van der Waals surface area (Å²) in [6, 6.07) is 3.95. The van der Waals surface area contributed by atoms with Crippen LogP contribution in [0.15, 0.2) is 18.2 Å². The number of piperazine rings is 1. The molecule has 0 radical (unpaired) electrons. The highest BCUT2D eigenvalue weighted by Crippen LogP contribution is 2.35. The van der Waals surface area contributed by atoms with Crippen LogP contribution in [-0.4, -0.2) is 47.9 Å². The number of benzene rings is 1. The first-order valence-electron chi connectivity index (χ1n) is 9.65. The number of amides is 2. The van der Waals surface area contributed by atoms with Gasteiger partial charge in [0.25, 0.3) is 0 Å². The van der Waals surface area contributed by atoms with Gasteiger partial charge < -0.3 is 15.1 Å². The number of aromatic nitrogens is 1. The minimum atomic E-state index is -0.434. The van der Waals surface area contributed by atoms with Gasteiger partial charge in [-0.3, -0.25) is 9.59 Å². The fourth-order valence-electron chi connectivity index (χ4n) is 3.76. The van der Waals surface area contributed by atoms with E-state index in [4.69, 9.17) is 16.6 Å². The van der Waals surface area contributed by atoms with Crippen molar-refractivity contribution in [2.75, 3.05) is 36.4 Å². The fraction of sp³-hybridized carbons (Fsp3) is 0.450. The minimum Gasteiger partial charge on any atom is -0.345 e. The van der Waals surface area contributed by atoms with Crippen molar-refractivity contribution in [3.63, 3.8) is 0 Å². The molecule has 1 atom stereocenters. The zero-order valence-corrected chi connectivity index (χ0v) is 17.7. The maximum atomic E-state index is 13.2. The molecule has 2 heterocycles. The largest absolute Gasteiger partial charge is 0.345 e. The monoisotopic (exact) mass is 436 g/mol. The summed E-state index contributed by atoms with van der Waals surface area (Å²) in [5.41, 5.74) is 1.50. The molecule has 1 fully saturated rings. The lowest BCUT2D eigenvalue weighted by atomic mass is 9.90. The topological polar surface area (TPSA) is 65.5 Å². The predicted octanol–water partition coefficient (Wildman–Crippen LogP) is 3.35. The Kier molecular flexibility index (Phi) is 5.74. The van der Waals surface area contributed by atoms with Crippen LogP contribution in [0.1, 0.15) is 23.9 Å². The first-order chi connectivity index (χ1) is 13.9. The van der Waals surface area contributed by atoms with Gasteiger partial charge >= 0.3 is 0 Å². The van der Waals surface area contributed by atoms with Crippen molar-refractivity contribution in [1.82, 2.24) is 9.88 Å². The zero-order chi connectivity index (χ0) is 20.5. The molecule has 1 aliphatic heterocycles. The standard InChI is InChI=1S/C20H22ClFN4O2S/c1-12(27)25-6-8-26(9-7-25)20-24-17-4-2-13(10-18(17)29-20)19(28)23-16-5-3-14(22)11-15(16)21/h3,5,11,13H,2,4,6-10H2,1H3,(H,23,28)/t13-/m1/s1. The smallest absolute Gasteiger partial charge is 0.227 e. The normalized spacial score (nSPS) is 19.1. The van der Waals surface area contributed by atoms with Gasteiger partial charge in [0.05, 0.1) is 16.4 Å². The third-order valence-electron chi connectivity index (χ3n) is 5.48. The molecule has 0 bridgehead atoms. The van der Waals surface area contributed by atoms with Gasteiger partial charge in [0.15, 0.2) is 5.13 Å². The Bertz CT molecular complexity index is 943. The molecular formula is C20H22ClFN4O2S. The molecule has 0 spiro atoms. The molecule has 1 aromatic carbocycles. The Labute approximate surface area is 177 Å². The quantitative estimate of drug-likeness (QED) is 0.801. The maximum Gasteiger partial charge on any atom is 0.227 e. The van der Waals surface area contributed by atoms with E-state index in [9.17, 15) is 14.0 Å². The minimum absolute atomic E-state index is 0.103. The van der Waals surface area contributed by atoms with Gasteiger partial charge in [0, 0.05) is 43.9 Å². The SMILES string of the molecule is CC(=O)N1CCN(c2nc3c(s2)C[C@H](C(=O)Nc2ccc(F)cc2Cl)CC3)CC1. The number of hydrogen-bond donors (Lipinski definition) is 1. The van der Waals surface area contributed by atoms with Crippen molar-refractivity contribution in [2.24, 2.45) is 5.92 Å². The second kappa shape index (κ2) is 8.28. The molecule has 9 heteroatoms. The lowest BCUT2D eigenvalue weighted by Gasteiger charge is -2.33. The van der Waals surface area contributed by atoms with Crippen LogP contribution in [0.25, 0.3) is 0 Å². The van der Waals surface area contributed by atoms with E-state index in [-0.39, 0.29) is 22.8 Å². The zero-order valence-electron chi connectivity index (χ0n) is 16.1. The van der Waals surface area contributed by atoms with Crippen LogP contribution in [0, 0.1) is 11.7 Å². The number of anilines is 2. The molecule has 6 nitrogen and oxygen atoms in total. The highest BCUT2D eigenvalue weighted by atomic mass is 35.5. The molecule has 0 unspecified atom stereocenters. The van der Waals surface area contributed by atoms with Gasteiger partial charge in [-0.25, -0.2) is 9.37 Å². The van der Waals surface area contributed by atoms with Crippen LogP contribution in [0.3, 0.4) is 0 Å². The number of nitrogens with zero attached hydrogens (tertiary/aromatic N) is 3. The number of fused-ring (bicyclic) bond motifs is 1. The van der Waals surface area contributed by atoms with Crippen molar-refractivity contribution in [3.8, 4) is 0 Å². The van der Waals surface area contributed by atoms with Gasteiger partial charge in [0.1, 0.15) is 5.82 Å². The first-order valence-corrected chi connectivity index (χ1v) is 10.8. The Balaban J connectivity index is 1.40. The Morgan fingerprint density at radius 1 is 1.28 bits per heavy atom. The summed E-state index contributed by atoms with van der Waals surface area (Å²) in [4.78, 5) is 34.2. The molecule has 1 saturated heterocycles. The molecule has 1 N–H and O–H groups in total. The van der Waals surface area contributed by atoms with E-state index >= 15 is 0 Å². The molecule has 2 aromatic rings. The molecular weight excluding hydrogens is 415 g/mol. The lowest BCUT2D eigenvalue weighted by Crippen LogP contribution is -2.48. The molecule has 1 aliphatic carbocycles. The number of carbonyl (C=O) groups excluding carboxylic acids is 2. The average molecular weight is 437 g/mol. The van der Waals surface area contributed by atoms with E-state index in [2.05, 4.69) is 10.2 Å². The summed E-state index contributed by atoms with van der Waals surface area (Å²) in [5.74, 6) is -0.588. The van der Waals surface area contributed by atoms with Crippen LogP contribution in [0.2, 0.25) is 5.02 Å².